The average molecular weight is 266 g/mol. The van der Waals surface area contributed by atoms with Gasteiger partial charge in [-0.2, -0.15) is 5.10 Å². The first kappa shape index (κ1) is 13.5. The molecule has 1 aliphatic rings. The lowest BCUT2D eigenvalue weighted by molar-refractivity contribution is -0.126. The number of aromatic carboxylic acids is 1. The number of nitrogens with one attached hydrogen (secondary N) is 1. The van der Waals surface area contributed by atoms with E-state index in [4.69, 9.17) is 5.11 Å². The molecule has 1 aliphatic heterocycles. The highest BCUT2D eigenvalue weighted by atomic mass is 16.4. The number of carbonyl (C=O) groups is 2. The molecule has 0 saturated carbocycles. The van der Waals surface area contributed by atoms with Crippen LogP contribution in [-0.4, -0.2) is 64.2 Å². The summed E-state index contributed by atoms with van der Waals surface area (Å²) >= 11 is 0. The van der Waals surface area contributed by atoms with Crippen molar-refractivity contribution in [2.75, 3.05) is 27.2 Å². The van der Waals surface area contributed by atoms with E-state index in [1.807, 2.05) is 11.9 Å². The van der Waals surface area contributed by atoms with Gasteiger partial charge in [-0.05, 0) is 13.0 Å². The lowest BCUT2D eigenvalue weighted by atomic mass is 10.1. The van der Waals surface area contributed by atoms with Crippen molar-refractivity contribution >= 4 is 11.9 Å². The molecule has 1 aromatic heterocycles. The van der Waals surface area contributed by atoms with E-state index in [0.29, 0.717) is 24.4 Å². The number of nitrogens with zero attached hydrogens (tertiary/aromatic N) is 3. The van der Waals surface area contributed by atoms with Crippen LogP contribution in [0.15, 0.2) is 6.20 Å². The Morgan fingerprint density at radius 1 is 1.68 bits per heavy atom. The number of hydrogen-bond acceptors (Lipinski definition) is 4. The minimum absolute atomic E-state index is 0.131. The highest BCUT2D eigenvalue weighted by molar-refractivity contribution is 5.86. The van der Waals surface area contributed by atoms with Crippen LogP contribution in [0.25, 0.3) is 0 Å². The molecule has 7 nitrogen and oxygen atoms in total. The summed E-state index contributed by atoms with van der Waals surface area (Å²) in [7, 11) is 3.72. The first-order valence-corrected chi connectivity index (χ1v) is 6.15. The van der Waals surface area contributed by atoms with Gasteiger partial charge in [-0.1, -0.05) is 0 Å². The maximum absolute atomic E-state index is 11.4. The molecular formula is C12H18N4O3. The van der Waals surface area contributed by atoms with Gasteiger partial charge < -0.3 is 14.9 Å². The molecule has 0 spiro atoms. The molecule has 0 radical (unpaired) electrons. The molecule has 2 heterocycles. The minimum atomic E-state index is -1.00. The SMILES string of the molecule is CN(Cc1cn[nH]c1C(=O)O)C[C@H]1CC(=O)N(C)C1. The van der Waals surface area contributed by atoms with Gasteiger partial charge in [0.15, 0.2) is 0 Å². The van der Waals surface area contributed by atoms with Crippen molar-refractivity contribution < 1.29 is 14.7 Å². The summed E-state index contributed by atoms with van der Waals surface area (Å²) in [5.74, 6) is -0.521. The van der Waals surface area contributed by atoms with Crippen molar-refractivity contribution in [1.82, 2.24) is 20.0 Å². The summed E-state index contributed by atoms with van der Waals surface area (Å²) in [6, 6.07) is 0. The summed E-state index contributed by atoms with van der Waals surface area (Å²) in [4.78, 5) is 26.2. The summed E-state index contributed by atoms with van der Waals surface area (Å²) in [6.07, 6.45) is 2.10. The van der Waals surface area contributed by atoms with Gasteiger partial charge in [0.25, 0.3) is 0 Å². The highest BCUT2D eigenvalue weighted by Gasteiger charge is 2.27. The van der Waals surface area contributed by atoms with E-state index in [1.165, 1.54) is 6.20 Å². The standard InChI is InChI=1S/C12H18N4O3/c1-15(5-8-3-10(17)16(2)6-8)7-9-4-13-14-11(9)12(18)19/h4,8H,3,5-7H2,1-2H3,(H,13,14)(H,18,19)/t8-/m1/s1. The molecule has 2 rings (SSSR count). The molecule has 0 unspecified atom stereocenters. The summed E-state index contributed by atoms with van der Waals surface area (Å²) in [5, 5.41) is 15.2. The van der Waals surface area contributed by atoms with Gasteiger partial charge in [0.1, 0.15) is 5.69 Å². The van der Waals surface area contributed by atoms with Crippen LogP contribution >= 0.6 is 0 Å². The number of likely N-dealkylation sites (tertiary alicyclic amines) is 1. The summed E-state index contributed by atoms with van der Waals surface area (Å²) in [6.45, 7) is 2.03. The van der Waals surface area contributed by atoms with E-state index in [9.17, 15) is 9.59 Å². The number of aromatic nitrogens is 2. The molecule has 0 aliphatic carbocycles. The zero-order valence-corrected chi connectivity index (χ0v) is 11.1. The molecule has 19 heavy (non-hydrogen) atoms. The number of amides is 1. The monoisotopic (exact) mass is 266 g/mol. The lowest BCUT2D eigenvalue weighted by Crippen LogP contribution is -2.27. The molecule has 1 atom stereocenters. The topological polar surface area (TPSA) is 89.5 Å². The first-order valence-electron chi connectivity index (χ1n) is 6.15. The fourth-order valence-electron chi connectivity index (χ4n) is 2.49. The molecule has 0 aromatic carbocycles. The van der Waals surface area contributed by atoms with Crippen molar-refractivity contribution in [2.45, 2.75) is 13.0 Å². The van der Waals surface area contributed by atoms with E-state index in [0.717, 1.165) is 13.1 Å². The number of hydrogen-bond donors (Lipinski definition) is 2. The zero-order valence-electron chi connectivity index (χ0n) is 11.1. The Morgan fingerprint density at radius 2 is 2.42 bits per heavy atom. The number of carboxylic acid groups (broad SMARTS) is 1. The van der Waals surface area contributed by atoms with Crippen molar-refractivity contribution in [2.24, 2.45) is 5.92 Å². The second kappa shape index (κ2) is 5.40. The normalized spacial score (nSPS) is 19.4. The van der Waals surface area contributed by atoms with Crippen LogP contribution < -0.4 is 0 Å². The summed E-state index contributed by atoms with van der Waals surface area (Å²) in [5.41, 5.74) is 0.791. The second-order valence-electron chi connectivity index (χ2n) is 5.12. The van der Waals surface area contributed by atoms with Crippen LogP contribution in [0.1, 0.15) is 22.5 Å². The van der Waals surface area contributed by atoms with Gasteiger partial charge in [-0.3, -0.25) is 9.89 Å². The molecule has 7 heteroatoms. The Morgan fingerprint density at radius 3 is 3.00 bits per heavy atom. The third-order valence-corrected chi connectivity index (χ3v) is 3.36. The lowest BCUT2D eigenvalue weighted by Gasteiger charge is -2.20. The quantitative estimate of drug-likeness (QED) is 0.784. The van der Waals surface area contributed by atoms with Crippen molar-refractivity contribution in [3.63, 3.8) is 0 Å². The van der Waals surface area contributed by atoms with E-state index in [-0.39, 0.29) is 11.6 Å². The summed E-state index contributed by atoms with van der Waals surface area (Å²) < 4.78 is 0. The van der Waals surface area contributed by atoms with Gasteiger partial charge >= 0.3 is 5.97 Å². The molecular weight excluding hydrogens is 248 g/mol. The van der Waals surface area contributed by atoms with Crippen LogP contribution in [-0.2, 0) is 11.3 Å². The predicted molar refractivity (Wildman–Crippen MR) is 67.6 cm³/mol. The average Bonchev–Trinajstić information content (AvgIpc) is 2.87. The van der Waals surface area contributed by atoms with E-state index in [2.05, 4.69) is 10.2 Å². The number of aromatic amines is 1. The molecule has 1 aromatic rings. The van der Waals surface area contributed by atoms with Gasteiger partial charge in [-0.15, -0.1) is 0 Å². The van der Waals surface area contributed by atoms with Gasteiger partial charge in [0.05, 0.1) is 6.20 Å². The largest absolute Gasteiger partial charge is 0.477 e. The van der Waals surface area contributed by atoms with Crippen molar-refractivity contribution in [3.05, 3.63) is 17.5 Å². The first-order chi connectivity index (χ1) is 8.97. The zero-order chi connectivity index (χ0) is 14.0. The third-order valence-electron chi connectivity index (χ3n) is 3.36. The second-order valence-corrected chi connectivity index (χ2v) is 5.12. The molecule has 1 fully saturated rings. The molecule has 104 valence electrons. The van der Waals surface area contributed by atoms with Crippen molar-refractivity contribution in [3.8, 4) is 0 Å². The smallest absolute Gasteiger partial charge is 0.354 e. The van der Waals surface area contributed by atoms with Crippen molar-refractivity contribution in [1.29, 1.82) is 0 Å². The molecule has 1 saturated heterocycles. The molecule has 0 bridgehead atoms. The Balaban J connectivity index is 1.91. The third kappa shape index (κ3) is 3.11. The van der Waals surface area contributed by atoms with Gasteiger partial charge in [0.2, 0.25) is 5.91 Å². The Bertz CT molecular complexity index is 485. The molecule has 2 N–H and O–H groups in total. The Kier molecular flexibility index (Phi) is 3.84. The van der Waals surface area contributed by atoms with E-state index >= 15 is 0 Å². The number of carbonyl (C=O) groups excluding carboxylic acids is 1. The predicted octanol–water partition coefficient (Wildman–Crippen LogP) is 0.0180. The van der Waals surface area contributed by atoms with Crippen LogP contribution in [0.5, 0.6) is 0 Å². The van der Waals surface area contributed by atoms with Crippen LogP contribution in [0.2, 0.25) is 0 Å². The minimum Gasteiger partial charge on any atom is -0.477 e. The molecule has 1 amide bonds. The Labute approximate surface area is 111 Å². The fourth-order valence-corrected chi connectivity index (χ4v) is 2.49. The van der Waals surface area contributed by atoms with Gasteiger partial charge in [-0.25, -0.2) is 4.79 Å². The maximum atomic E-state index is 11.4. The maximum Gasteiger partial charge on any atom is 0.354 e. The number of carboxylic acids is 1. The fraction of sp³-hybridized carbons (Fsp3) is 0.583. The van der Waals surface area contributed by atoms with E-state index < -0.39 is 5.97 Å². The van der Waals surface area contributed by atoms with Crippen LogP contribution in [0.3, 0.4) is 0 Å². The number of rotatable bonds is 5. The van der Waals surface area contributed by atoms with Gasteiger partial charge in [0, 0.05) is 38.7 Å². The van der Waals surface area contributed by atoms with Crippen LogP contribution in [0, 0.1) is 5.92 Å². The van der Waals surface area contributed by atoms with E-state index in [1.54, 1.807) is 11.9 Å². The number of H-pyrrole nitrogens is 1. The highest BCUT2D eigenvalue weighted by Crippen LogP contribution is 2.18. The Hall–Kier alpha value is -1.89. The van der Waals surface area contributed by atoms with Crippen LogP contribution in [0.4, 0.5) is 0 Å².